The van der Waals surface area contributed by atoms with E-state index in [1.54, 1.807) is 29.6 Å². The van der Waals surface area contributed by atoms with Gasteiger partial charge in [0.05, 0.1) is 17.8 Å². The van der Waals surface area contributed by atoms with Crippen molar-refractivity contribution >= 4 is 32.3 Å². The normalized spacial score (nSPS) is 11.1. The van der Waals surface area contributed by atoms with Crippen LogP contribution < -0.4 is 9.64 Å². The molecule has 0 aliphatic rings. The van der Waals surface area contributed by atoms with Crippen molar-refractivity contribution in [2.75, 3.05) is 24.3 Å². The molecule has 1 heterocycles. The second-order valence-corrected chi connectivity index (χ2v) is 7.42. The molecule has 0 bridgehead atoms. The smallest absolute Gasteiger partial charge is 0.412 e. The first kappa shape index (κ1) is 16.3. The van der Waals surface area contributed by atoms with Gasteiger partial charge in [0.25, 0.3) is 0 Å². The van der Waals surface area contributed by atoms with Crippen molar-refractivity contribution in [3.63, 3.8) is 0 Å². The van der Waals surface area contributed by atoms with Crippen LogP contribution in [0.4, 0.5) is 9.80 Å². The minimum absolute atomic E-state index is 0.121. The van der Waals surface area contributed by atoms with Crippen molar-refractivity contribution < 1.29 is 23.1 Å². The maximum absolute atomic E-state index is 12.3. The lowest BCUT2D eigenvalue weighted by Crippen LogP contribution is -2.33. The highest BCUT2D eigenvalue weighted by molar-refractivity contribution is 7.91. The van der Waals surface area contributed by atoms with Crippen molar-refractivity contribution in [3.05, 3.63) is 41.8 Å². The van der Waals surface area contributed by atoms with Crippen LogP contribution in [0, 0.1) is 0 Å². The molecule has 1 amide bonds. The number of thiophene rings is 1. The van der Waals surface area contributed by atoms with E-state index in [9.17, 15) is 18.3 Å². The fraction of sp³-hybridized carbons (Fsp3) is 0.214. The van der Waals surface area contributed by atoms with E-state index in [1.165, 1.54) is 30.6 Å². The number of benzene rings is 1. The van der Waals surface area contributed by atoms with E-state index in [4.69, 9.17) is 4.74 Å². The molecule has 0 saturated heterocycles. The maximum atomic E-state index is 12.3. The van der Waals surface area contributed by atoms with Crippen LogP contribution in [0.15, 0.2) is 46.7 Å². The number of amides is 1. The molecule has 8 heteroatoms. The Labute approximate surface area is 132 Å². The van der Waals surface area contributed by atoms with E-state index < -0.39 is 15.9 Å². The predicted octanol–water partition coefficient (Wildman–Crippen LogP) is 2.72. The van der Waals surface area contributed by atoms with E-state index in [2.05, 4.69) is 0 Å². The zero-order valence-corrected chi connectivity index (χ0v) is 13.4. The van der Waals surface area contributed by atoms with Gasteiger partial charge in [-0.3, -0.25) is 4.90 Å². The van der Waals surface area contributed by atoms with Gasteiger partial charge < -0.3 is 9.84 Å². The number of anilines is 1. The number of ether oxygens (including phenoxy) is 1. The van der Waals surface area contributed by atoms with Gasteiger partial charge in [-0.25, -0.2) is 13.2 Å². The summed E-state index contributed by atoms with van der Waals surface area (Å²) in [6, 6.07) is 9.36. The van der Waals surface area contributed by atoms with Gasteiger partial charge in [0.2, 0.25) is 0 Å². The van der Waals surface area contributed by atoms with E-state index in [0.717, 1.165) is 4.90 Å². The number of hydrogen-bond acceptors (Lipinski definition) is 5. The zero-order valence-electron chi connectivity index (χ0n) is 11.8. The average molecular weight is 341 g/mol. The molecule has 0 radical (unpaired) electrons. The summed E-state index contributed by atoms with van der Waals surface area (Å²) in [6.45, 7) is -0.121. The minimum Gasteiger partial charge on any atom is -0.497 e. The first-order valence-electron chi connectivity index (χ1n) is 6.35. The van der Waals surface area contributed by atoms with E-state index in [1.807, 2.05) is 0 Å². The minimum atomic E-state index is -3.56. The van der Waals surface area contributed by atoms with E-state index >= 15 is 0 Å². The molecule has 1 aromatic carbocycles. The third-order valence-electron chi connectivity index (χ3n) is 3.01. The number of nitrogens with zero attached hydrogens (tertiary/aromatic N) is 1. The van der Waals surface area contributed by atoms with Crippen molar-refractivity contribution in [1.82, 2.24) is 0 Å². The van der Waals surface area contributed by atoms with E-state index in [-0.39, 0.29) is 17.2 Å². The van der Waals surface area contributed by atoms with Crippen molar-refractivity contribution in [1.29, 1.82) is 0 Å². The number of carboxylic acid groups (broad SMARTS) is 1. The van der Waals surface area contributed by atoms with Crippen molar-refractivity contribution in [2.24, 2.45) is 0 Å². The van der Waals surface area contributed by atoms with Crippen molar-refractivity contribution in [2.45, 2.75) is 4.90 Å². The Morgan fingerprint density at radius 1 is 1.27 bits per heavy atom. The number of rotatable bonds is 6. The van der Waals surface area contributed by atoms with Gasteiger partial charge in [0.15, 0.2) is 9.84 Å². The summed E-state index contributed by atoms with van der Waals surface area (Å²) in [5.74, 6) is 0.272. The van der Waals surface area contributed by atoms with E-state index in [0.29, 0.717) is 10.8 Å². The Morgan fingerprint density at radius 2 is 1.95 bits per heavy atom. The highest BCUT2D eigenvalue weighted by Crippen LogP contribution is 2.22. The third kappa shape index (κ3) is 3.77. The van der Waals surface area contributed by atoms with Gasteiger partial charge >= 0.3 is 6.09 Å². The van der Waals surface area contributed by atoms with Crippen LogP contribution in [0.5, 0.6) is 5.75 Å². The molecule has 1 N–H and O–H groups in total. The molecular weight excluding hydrogens is 326 g/mol. The topological polar surface area (TPSA) is 83.9 Å². The lowest BCUT2D eigenvalue weighted by Gasteiger charge is -2.17. The fourth-order valence-electron chi connectivity index (χ4n) is 1.84. The average Bonchev–Trinajstić information content (AvgIpc) is 3.01. The second kappa shape index (κ2) is 6.80. The molecule has 22 heavy (non-hydrogen) atoms. The van der Waals surface area contributed by atoms with Crippen LogP contribution in [0.2, 0.25) is 0 Å². The molecule has 0 unspecified atom stereocenters. The number of carbonyl (C=O) groups is 1. The highest BCUT2D eigenvalue weighted by atomic mass is 32.2. The van der Waals surface area contributed by atoms with Gasteiger partial charge in [-0.05, 0) is 41.8 Å². The molecule has 0 saturated carbocycles. The summed E-state index contributed by atoms with van der Waals surface area (Å²) in [4.78, 5) is 12.4. The van der Waals surface area contributed by atoms with Gasteiger partial charge in [-0.15, -0.1) is 11.3 Å². The van der Waals surface area contributed by atoms with Crippen LogP contribution in [-0.4, -0.2) is 39.0 Å². The summed E-state index contributed by atoms with van der Waals surface area (Å²) < 4.78 is 29.5. The lowest BCUT2D eigenvalue weighted by molar-refractivity contribution is 0.202. The van der Waals surface area contributed by atoms with Crippen molar-refractivity contribution in [3.8, 4) is 5.75 Å². The molecule has 1 aromatic heterocycles. The van der Waals surface area contributed by atoms with Crippen LogP contribution >= 0.6 is 11.3 Å². The summed E-state index contributed by atoms with van der Waals surface area (Å²) in [5, 5.41) is 11.4. The number of methoxy groups -OCH3 is 1. The summed E-state index contributed by atoms with van der Waals surface area (Å²) in [7, 11) is -2.07. The highest BCUT2D eigenvalue weighted by Gasteiger charge is 2.21. The summed E-state index contributed by atoms with van der Waals surface area (Å²) >= 11 is 1.24. The largest absolute Gasteiger partial charge is 0.497 e. The molecule has 0 spiro atoms. The molecule has 0 fully saturated rings. The first-order chi connectivity index (χ1) is 10.4. The number of hydrogen-bond donors (Lipinski definition) is 1. The molecule has 2 rings (SSSR count). The van der Waals surface area contributed by atoms with Crippen LogP contribution in [0.1, 0.15) is 0 Å². The zero-order chi connectivity index (χ0) is 16.2. The van der Waals surface area contributed by atoms with Gasteiger partial charge in [-0.1, -0.05) is 0 Å². The SMILES string of the molecule is COc1ccc(S(=O)(=O)CCN(C(=O)O)c2cccs2)cc1. The standard InChI is InChI=1S/C14H15NO5S2/c1-20-11-4-6-12(7-5-11)22(18,19)10-8-15(14(16)17)13-3-2-9-21-13/h2-7,9H,8,10H2,1H3,(H,16,17). The quantitative estimate of drug-likeness (QED) is 0.873. The Morgan fingerprint density at radius 3 is 2.45 bits per heavy atom. The second-order valence-electron chi connectivity index (χ2n) is 4.38. The molecule has 0 aliphatic heterocycles. The fourth-order valence-corrected chi connectivity index (χ4v) is 3.80. The molecular formula is C14H15NO5S2. The monoisotopic (exact) mass is 341 g/mol. The Kier molecular flexibility index (Phi) is 5.04. The molecule has 0 aliphatic carbocycles. The van der Waals surface area contributed by atoms with Crippen LogP contribution in [0.3, 0.4) is 0 Å². The lowest BCUT2D eigenvalue weighted by atomic mass is 10.3. The van der Waals surface area contributed by atoms with Gasteiger partial charge in [0, 0.05) is 6.54 Å². The maximum Gasteiger partial charge on any atom is 0.412 e. The third-order valence-corrected chi connectivity index (χ3v) is 5.61. The molecule has 118 valence electrons. The van der Waals surface area contributed by atoms with Crippen LogP contribution in [-0.2, 0) is 9.84 Å². The predicted molar refractivity (Wildman–Crippen MR) is 84.7 cm³/mol. The van der Waals surface area contributed by atoms with Crippen LogP contribution in [0.25, 0.3) is 0 Å². The number of sulfone groups is 1. The Hall–Kier alpha value is -2.06. The molecule has 6 nitrogen and oxygen atoms in total. The van der Waals surface area contributed by atoms with Gasteiger partial charge in [0.1, 0.15) is 10.8 Å². The first-order valence-corrected chi connectivity index (χ1v) is 8.88. The Balaban J connectivity index is 2.12. The summed E-state index contributed by atoms with van der Waals surface area (Å²) in [5.41, 5.74) is 0. The summed E-state index contributed by atoms with van der Waals surface area (Å²) in [6.07, 6.45) is -1.17. The Bertz CT molecular complexity index is 723. The molecule has 2 aromatic rings. The van der Waals surface area contributed by atoms with Gasteiger partial charge in [-0.2, -0.15) is 0 Å². The molecule has 0 atom stereocenters.